The molecular formula is C27H25N3O3. The lowest BCUT2D eigenvalue weighted by molar-refractivity contribution is -0.127. The number of carbonyl (C=O) groups excluding carboxylic acids is 2. The molecular weight excluding hydrogens is 414 g/mol. The summed E-state index contributed by atoms with van der Waals surface area (Å²) in [5, 5.41) is 3.84. The predicted octanol–water partition coefficient (Wildman–Crippen LogP) is 4.29. The molecule has 1 N–H and O–H groups in total. The number of aryl methyl sites for hydroxylation is 2. The first kappa shape index (κ1) is 20.9. The zero-order valence-electron chi connectivity index (χ0n) is 18.7. The summed E-state index contributed by atoms with van der Waals surface area (Å²) >= 11 is 0. The minimum atomic E-state index is -0.593. The third-order valence-corrected chi connectivity index (χ3v) is 6.26. The van der Waals surface area contributed by atoms with E-state index in [1.54, 1.807) is 11.1 Å². The molecule has 0 spiro atoms. The second-order valence-electron chi connectivity index (χ2n) is 8.50. The molecule has 0 aliphatic carbocycles. The molecule has 0 bridgehead atoms. The molecule has 4 aromatic rings. The number of benzene rings is 2. The summed E-state index contributed by atoms with van der Waals surface area (Å²) in [6, 6.07) is 17.2. The van der Waals surface area contributed by atoms with Crippen molar-refractivity contribution in [2.24, 2.45) is 0 Å². The Hall–Kier alpha value is -3.93. The zero-order chi connectivity index (χ0) is 22.9. The van der Waals surface area contributed by atoms with E-state index >= 15 is 0 Å². The molecule has 2 aromatic heterocycles. The maximum absolute atomic E-state index is 13.5. The topological polar surface area (TPSA) is 75.4 Å². The number of nitrogens with zero attached hydrogens (tertiary/aromatic N) is 2. The van der Waals surface area contributed by atoms with Crippen LogP contribution in [-0.2, 0) is 11.2 Å². The van der Waals surface area contributed by atoms with Crippen LogP contribution in [0.15, 0.2) is 71.4 Å². The molecule has 6 heteroatoms. The molecule has 33 heavy (non-hydrogen) atoms. The van der Waals surface area contributed by atoms with Crippen molar-refractivity contribution in [1.29, 1.82) is 0 Å². The Morgan fingerprint density at radius 1 is 1.12 bits per heavy atom. The van der Waals surface area contributed by atoms with Crippen molar-refractivity contribution in [1.82, 2.24) is 15.2 Å². The van der Waals surface area contributed by atoms with Crippen LogP contribution in [0, 0.1) is 13.8 Å². The fourth-order valence-corrected chi connectivity index (χ4v) is 4.42. The second kappa shape index (κ2) is 8.54. The smallest absolute Gasteiger partial charge is 0.290 e. The van der Waals surface area contributed by atoms with Gasteiger partial charge in [0, 0.05) is 42.9 Å². The molecule has 1 aliphatic rings. The van der Waals surface area contributed by atoms with E-state index in [2.05, 4.69) is 10.3 Å². The van der Waals surface area contributed by atoms with Crippen LogP contribution in [0.25, 0.3) is 22.1 Å². The Morgan fingerprint density at radius 2 is 1.94 bits per heavy atom. The average molecular weight is 440 g/mol. The van der Waals surface area contributed by atoms with Gasteiger partial charge < -0.3 is 14.6 Å². The van der Waals surface area contributed by atoms with Gasteiger partial charge >= 0.3 is 0 Å². The van der Waals surface area contributed by atoms with Crippen LogP contribution < -0.4 is 5.32 Å². The Balaban J connectivity index is 1.41. The molecule has 2 aromatic carbocycles. The maximum Gasteiger partial charge on any atom is 0.290 e. The van der Waals surface area contributed by atoms with Gasteiger partial charge in [0.05, 0.1) is 0 Å². The number of aromatic nitrogens is 1. The highest BCUT2D eigenvalue weighted by Gasteiger charge is 2.35. The van der Waals surface area contributed by atoms with Crippen LogP contribution in [-0.4, -0.2) is 40.8 Å². The van der Waals surface area contributed by atoms with E-state index in [-0.39, 0.29) is 11.8 Å². The highest BCUT2D eigenvalue weighted by atomic mass is 16.3. The van der Waals surface area contributed by atoms with E-state index in [4.69, 9.17) is 4.42 Å². The Morgan fingerprint density at radius 3 is 2.70 bits per heavy atom. The summed E-state index contributed by atoms with van der Waals surface area (Å²) in [5.74, 6) is -0.0778. The maximum atomic E-state index is 13.5. The first-order valence-corrected chi connectivity index (χ1v) is 11.1. The molecule has 0 saturated carbocycles. The van der Waals surface area contributed by atoms with Gasteiger partial charge in [-0.1, -0.05) is 42.0 Å². The Kier molecular flexibility index (Phi) is 5.42. The molecule has 6 nitrogen and oxygen atoms in total. The number of hydrogen-bond acceptors (Lipinski definition) is 4. The van der Waals surface area contributed by atoms with Crippen LogP contribution >= 0.6 is 0 Å². The van der Waals surface area contributed by atoms with E-state index < -0.39 is 6.04 Å². The molecule has 1 atom stereocenters. The lowest BCUT2D eigenvalue weighted by Gasteiger charge is -2.34. The number of fused-ring (bicyclic) bond motifs is 1. The molecule has 5 rings (SSSR count). The number of carbonyl (C=O) groups is 2. The molecule has 1 fully saturated rings. The zero-order valence-corrected chi connectivity index (χ0v) is 18.7. The van der Waals surface area contributed by atoms with Crippen LogP contribution in [0.1, 0.15) is 27.2 Å². The van der Waals surface area contributed by atoms with Gasteiger partial charge in [0.25, 0.3) is 5.91 Å². The minimum absolute atomic E-state index is 0.143. The largest absolute Gasteiger partial charge is 0.451 e. The number of amides is 2. The van der Waals surface area contributed by atoms with Gasteiger partial charge in [-0.05, 0) is 48.7 Å². The van der Waals surface area contributed by atoms with Gasteiger partial charge in [-0.15, -0.1) is 0 Å². The first-order chi connectivity index (χ1) is 16.0. The quantitative estimate of drug-likeness (QED) is 0.515. The lowest BCUT2D eigenvalue weighted by Crippen LogP contribution is -2.58. The summed E-state index contributed by atoms with van der Waals surface area (Å²) in [7, 11) is 0. The highest BCUT2D eigenvalue weighted by molar-refractivity contribution is 6.01. The van der Waals surface area contributed by atoms with E-state index in [0.29, 0.717) is 30.9 Å². The van der Waals surface area contributed by atoms with Crippen molar-refractivity contribution in [2.45, 2.75) is 26.3 Å². The van der Waals surface area contributed by atoms with Crippen molar-refractivity contribution >= 4 is 22.8 Å². The second-order valence-corrected chi connectivity index (χ2v) is 8.50. The van der Waals surface area contributed by atoms with E-state index in [1.165, 1.54) is 0 Å². The van der Waals surface area contributed by atoms with Crippen molar-refractivity contribution < 1.29 is 14.0 Å². The summed E-state index contributed by atoms with van der Waals surface area (Å²) in [5.41, 5.74) is 5.68. The highest BCUT2D eigenvalue weighted by Crippen LogP contribution is 2.28. The fourth-order valence-electron chi connectivity index (χ4n) is 4.42. The van der Waals surface area contributed by atoms with Crippen LogP contribution in [0.5, 0.6) is 0 Å². The van der Waals surface area contributed by atoms with Gasteiger partial charge in [-0.2, -0.15) is 0 Å². The SMILES string of the molecule is Cc1ccc2oc(C(=O)N3CCNC(=O)[C@@H]3Cc3ccc(-c4cccnc4)cc3)c(C)c2c1. The van der Waals surface area contributed by atoms with Crippen LogP contribution in [0.2, 0.25) is 0 Å². The number of hydrogen-bond donors (Lipinski definition) is 1. The van der Waals surface area contributed by atoms with E-state index in [9.17, 15) is 9.59 Å². The summed E-state index contributed by atoms with van der Waals surface area (Å²) < 4.78 is 5.94. The molecule has 166 valence electrons. The van der Waals surface area contributed by atoms with Crippen LogP contribution in [0.4, 0.5) is 0 Å². The lowest BCUT2D eigenvalue weighted by atomic mass is 9.99. The molecule has 1 aliphatic heterocycles. The van der Waals surface area contributed by atoms with E-state index in [1.807, 2.05) is 74.6 Å². The van der Waals surface area contributed by atoms with E-state index in [0.717, 1.165) is 33.2 Å². The van der Waals surface area contributed by atoms with Crippen molar-refractivity contribution in [3.05, 3.63) is 89.4 Å². The summed E-state index contributed by atoms with van der Waals surface area (Å²) in [6.45, 7) is 4.78. The van der Waals surface area contributed by atoms with Gasteiger partial charge in [-0.25, -0.2) is 0 Å². The summed E-state index contributed by atoms with van der Waals surface area (Å²) in [4.78, 5) is 32.1. The van der Waals surface area contributed by atoms with Crippen molar-refractivity contribution in [3.63, 3.8) is 0 Å². The van der Waals surface area contributed by atoms with Crippen molar-refractivity contribution in [2.75, 3.05) is 13.1 Å². The standard InChI is InChI=1S/C27H25N3O3/c1-17-5-10-24-22(14-17)18(2)25(33-24)27(32)30-13-12-29-26(31)23(30)15-19-6-8-20(9-7-19)21-4-3-11-28-16-21/h3-11,14,16,23H,12-13,15H2,1-2H3,(H,29,31)/t23-/m0/s1. The number of nitrogens with one attached hydrogen (secondary N) is 1. The minimum Gasteiger partial charge on any atom is -0.451 e. The summed E-state index contributed by atoms with van der Waals surface area (Å²) in [6.07, 6.45) is 4.00. The third kappa shape index (κ3) is 4.00. The normalized spacial score (nSPS) is 16.1. The molecule has 0 radical (unpaired) electrons. The monoisotopic (exact) mass is 439 g/mol. The molecule has 1 saturated heterocycles. The van der Waals surface area contributed by atoms with Gasteiger partial charge in [0.2, 0.25) is 5.91 Å². The third-order valence-electron chi connectivity index (χ3n) is 6.26. The van der Waals surface area contributed by atoms with Gasteiger partial charge in [0.15, 0.2) is 5.76 Å². The molecule has 3 heterocycles. The van der Waals surface area contributed by atoms with Gasteiger partial charge in [-0.3, -0.25) is 14.6 Å². The number of pyridine rings is 1. The number of rotatable bonds is 4. The predicted molar refractivity (Wildman–Crippen MR) is 127 cm³/mol. The Bertz CT molecular complexity index is 1330. The van der Waals surface area contributed by atoms with Crippen molar-refractivity contribution in [3.8, 4) is 11.1 Å². The number of furan rings is 1. The number of piperazine rings is 1. The first-order valence-electron chi connectivity index (χ1n) is 11.1. The average Bonchev–Trinajstić information content (AvgIpc) is 3.16. The molecule has 2 amide bonds. The molecule has 0 unspecified atom stereocenters. The van der Waals surface area contributed by atoms with Gasteiger partial charge in [0.1, 0.15) is 11.6 Å². The Labute approximate surface area is 192 Å². The fraction of sp³-hybridized carbons (Fsp3) is 0.222. The van der Waals surface area contributed by atoms with Crippen LogP contribution in [0.3, 0.4) is 0 Å².